The normalized spacial score (nSPS) is 18.9. The first kappa shape index (κ1) is 27.2. The molecule has 0 aromatic heterocycles. The Morgan fingerprint density at radius 1 is 1.06 bits per heavy atom. The molecule has 1 aromatic rings. The molecule has 0 spiro atoms. The molecule has 2 heterocycles. The Balaban J connectivity index is 1.64. The Morgan fingerprint density at radius 2 is 1.75 bits per heavy atom. The number of benzene rings is 1. The van der Waals surface area contributed by atoms with Gasteiger partial charge in [-0.1, -0.05) is 58.0 Å². The number of hydrogen-bond acceptors (Lipinski definition) is 7. The smallest absolute Gasteiger partial charge is 0.408 e. The van der Waals surface area contributed by atoms with E-state index in [4.69, 9.17) is 9.47 Å². The highest BCUT2D eigenvalue weighted by Gasteiger charge is 2.40. The van der Waals surface area contributed by atoms with Gasteiger partial charge in [-0.3, -0.25) is 14.4 Å². The van der Waals surface area contributed by atoms with Crippen molar-refractivity contribution >= 4 is 29.6 Å². The minimum absolute atomic E-state index is 0.0337. The van der Waals surface area contributed by atoms with Gasteiger partial charge in [0, 0.05) is 6.54 Å². The first-order valence-electron chi connectivity index (χ1n) is 12.5. The van der Waals surface area contributed by atoms with E-state index >= 15 is 0 Å². The summed E-state index contributed by atoms with van der Waals surface area (Å²) in [4.78, 5) is 57.5. The number of aliphatic imine (C=N–C) groups is 1. The van der Waals surface area contributed by atoms with Crippen LogP contribution in [0, 0.1) is 11.8 Å². The highest BCUT2D eigenvalue weighted by Crippen LogP contribution is 2.21. The molecule has 0 radical (unpaired) electrons. The third-order valence-corrected chi connectivity index (χ3v) is 6.30. The molecular weight excluding hydrogens is 464 g/mol. The van der Waals surface area contributed by atoms with Crippen LogP contribution < -0.4 is 10.6 Å². The van der Waals surface area contributed by atoms with Crippen LogP contribution in [0.1, 0.15) is 46.1 Å². The number of ether oxygens (including phenoxy) is 2. The number of likely N-dealkylation sites (tertiary alicyclic amines) is 1. The van der Waals surface area contributed by atoms with Crippen molar-refractivity contribution in [1.82, 2.24) is 15.5 Å². The van der Waals surface area contributed by atoms with Crippen molar-refractivity contribution in [2.24, 2.45) is 16.8 Å². The molecule has 1 saturated heterocycles. The summed E-state index contributed by atoms with van der Waals surface area (Å²) < 4.78 is 10.6. The van der Waals surface area contributed by atoms with Gasteiger partial charge in [0.05, 0.1) is 12.6 Å². The molecule has 1 fully saturated rings. The van der Waals surface area contributed by atoms with Crippen molar-refractivity contribution in [3.8, 4) is 0 Å². The molecule has 2 aliphatic heterocycles. The minimum atomic E-state index is -0.856. The first-order chi connectivity index (χ1) is 17.2. The summed E-state index contributed by atoms with van der Waals surface area (Å²) in [6.07, 6.45) is 0.412. The van der Waals surface area contributed by atoms with Gasteiger partial charge in [0.2, 0.25) is 17.6 Å². The van der Waals surface area contributed by atoms with Crippen LogP contribution in [0.2, 0.25) is 0 Å². The number of nitrogens with one attached hydrogen (secondary N) is 2. The van der Waals surface area contributed by atoms with Gasteiger partial charge in [0.1, 0.15) is 25.3 Å². The SMILES string of the molecule is CC(C)C(NC(=O)C1CCCN1C(=O)C(NC(=O)OCc1ccccc1)C(C)C)C(=O)C1=NCCO1. The Hall–Kier alpha value is -3.43. The van der Waals surface area contributed by atoms with E-state index in [-0.39, 0.29) is 36.0 Å². The fourth-order valence-electron chi connectivity index (χ4n) is 4.29. The van der Waals surface area contributed by atoms with E-state index in [9.17, 15) is 19.2 Å². The van der Waals surface area contributed by atoms with Gasteiger partial charge >= 0.3 is 6.09 Å². The molecule has 3 atom stereocenters. The van der Waals surface area contributed by atoms with E-state index in [1.807, 2.05) is 58.0 Å². The molecule has 1 aromatic carbocycles. The summed E-state index contributed by atoms with van der Waals surface area (Å²) in [6.45, 7) is 8.54. The molecule has 10 heteroatoms. The van der Waals surface area contributed by atoms with Crippen LogP contribution in [0.25, 0.3) is 0 Å². The van der Waals surface area contributed by atoms with Gasteiger partial charge in [-0.2, -0.15) is 0 Å². The molecule has 0 aliphatic carbocycles. The predicted molar refractivity (Wildman–Crippen MR) is 133 cm³/mol. The zero-order valence-corrected chi connectivity index (χ0v) is 21.4. The number of alkyl carbamates (subject to hydrolysis) is 1. The fourth-order valence-corrected chi connectivity index (χ4v) is 4.29. The van der Waals surface area contributed by atoms with E-state index in [0.29, 0.717) is 32.5 Å². The van der Waals surface area contributed by atoms with Crippen LogP contribution in [0.5, 0.6) is 0 Å². The average molecular weight is 501 g/mol. The molecule has 3 unspecified atom stereocenters. The Labute approximate surface area is 211 Å². The second-order valence-electron chi connectivity index (χ2n) is 9.75. The second-order valence-corrected chi connectivity index (χ2v) is 9.75. The monoisotopic (exact) mass is 500 g/mol. The van der Waals surface area contributed by atoms with Gasteiger partial charge in [-0.05, 0) is 30.2 Å². The maximum Gasteiger partial charge on any atom is 0.408 e. The summed E-state index contributed by atoms with van der Waals surface area (Å²) in [6, 6.07) is 6.85. The van der Waals surface area contributed by atoms with Crippen LogP contribution in [-0.4, -0.2) is 72.3 Å². The van der Waals surface area contributed by atoms with Crippen LogP contribution in [0.3, 0.4) is 0 Å². The van der Waals surface area contributed by atoms with Crippen molar-refractivity contribution in [3.05, 3.63) is 35.9 Å². The largest absolute Gasteiger partial charge is 0.473 e. The number of carbonyl (C=O) groups excluding carboxylic acids is 4. The summed E-state index contributed by atoms with van der Waals surface area (Å²) in [5.41, 5.74) is 0.833. The summed E-state index contributed by atoms with van der Waals surface area (Å²) >= 11 is 0. The van der Waals surface area contributed by atoms with Gasteiger partial charge in [0.25, 0.3) is 5.90 Å². The summed E-state index contributed by atoms with van der Waals surface area (Å²) in [7, 11) is 0. The van der Waals surface area contributed by atoms with E-state index in [1.165, 1.54) is 4.90 Å². The van der Waals surface area contributed by atoms with Crippen molar-refractivity contribution in [2.75, 3.05) is 19.7 Å². The lowest BCUT2D eigenvalue weighted by atomic mass is 9.98. The zero-order chi connectivity index (χ0) is 26.2. The van der Waals surface area contributed by atoms with Crippen molar-refractivity contribution in [2.45, 2.75) is 65.3 Å². The summed E-state index contributed by atoms with van der Waals surface area (Å²) in [5, 5.41) is 5.48. The molecule has 36 heavy (non-hydrogen) atoms. The highest BCUT2D eigenvalue weighted by molar-refractivity contribution is 6.39. The van der Waals surface area contributed by atoms with E-state index in [2.05, 4.69) is 15.6 Å². The van der Waals surface area contributed by atoms with Crippen LogP contribution in [0.4, 0.5) is 4.79 Å². The quantitative estimate of drug-likeness (QED) is 0.507. The fraction of sp³-hybridized carbons (Fsp3) is 0.577. The number of Topliss-reactive ketones (excluding diaryl/α,β-unsaturated/α-hetero) is 1. The number of ketones is 1. The molecule has 0 bridgehead atoms. The van der Waals surface area contributed by atoms with Gasteiger partial charge in [0.15, 0.2) is 0 Å². The van der Waals surface area contributed by atoms with Crippen LogP contribution >= 0.6 is 0 Å². The molecule has 3 rings (SSSR count). The Bertz CT molecular complexity index is 978. The average Bonchev–Trinajstić information content (AvgIpc) is 3.56. The standard InChI is InChI=1S/C26H36N4O6/c1-16(2)20(22(31)24-27-12-14-35-24)28-23(32)19-11-8-13-30(19)25(33)21(17(3)4)29-26(34)36-15-18-9-6-5-7-10-18/h5-7,9-10,16-17,19-21H,8,11-15H2,1-4H3,(H,28,32)(H,29,34). The number of rotatable bonds is 10. The molecule has 2 N–H and O–H groups in total. The summed E-state index contributed by atoms with van der Waals surface area (Å²) in [5.74, 6) is -1.51. The van der Waals surface area contributed by atoms with Gasteiger partial charge in [-0.15, -0.1) is 0 Å². The third kappa shape index (κ3) is 6.83. The number of nitrogens with zero attached hydrogens (tertiary/aromatic N) is 2. The van der Waals surface area contributed by atoms with Crippen LogP contribution in [0.15, 0.2) is 35.3 Å². The van der Waals surface area contributed by atoms with Crippen molar-refractivity contribution in [3.63, 3.8) is 0 Å². The second kappa shape index (κ2) is 12.5. The lowest BCUT2D eigenvalue weighted by Gasteiger charge is -2.31. The first-order valence-corrected chi connectivity index (χ1v) is 12.5. The Morgan fingerprint density at radius 3 is 2.36 bits per heavy atom. The number of carbonyl (C=O) groups is 4. The molecule has 196 valence electrons. The lowest BCUT2D eigenvalue weighted by Crippen LogP contribution is -2.57. The number of hydrogen-bond donors (Lipinski definition) is 2. The predicted octanol–water partition coefficient (Wildman–Crippen LogP) is 2.07. The van der Waals surface area contributed by atoms with E-state index in [1.54, 1.807) is 0 Å². The van der Waals surface area contributed by atoms with Gasteiger partial charge < -0.3 is 25.0 Å². The van der Waals surface area contributed by atoms with Crippen molar-refractivity contribution < 1.29 is 28.7 Å². The molecule has 2 aliphatic rings. The zero-order valence-electron chi connectivity index (χ0n) is 21.4. The molecule has 10 nitrogen and oxygen atoms in total. The maximum atomic E-state index is 13.4. The lowest BCUT2D eigenvalue weighted by molar-refractivity contribution is -0.141. The highest BCUT2D eigenvalue weighted by atomic mass is 16.5. The minimum Gasteiger partial charge on any atom is -0.473 e. The van der Waals surface area contributed by atoms with Crippen LogP contribution in [-0.2, 0) is 30.5 Å². The van der Waals surface area contributed by atoms with Crippen molar-refractivity contribution in [1.29, 1.82) is 0 Å². The Kier molecular flexibility index (Phi) is 9.44. The number of amides is 3. The van der Waals surface area contributed by atoms with E-state index < -0.39 is 30.1 Å². The molecular formula is C26H36N4O6. The third-order valence-electron chi connectivity index (χ3n) is 6.30. The maximum absolute atomic E-state index is 13.4. The van der Waals surface area contributed by atoms with E-state index in [0.717, 1.165) is 5.56 Å². The molecule has 3 amide bonds. The molecule has 0 saturated carbocycles. The topological polar surface area (TPSA) is 126 Å². The van der Waals surface area contributed by atoms with Gasteiger partial charge in [-0.25, -0.2) is 9.79 Å².